The summed E-state index contributed by atoms with van der Waals surface area (Å²) in [7, 11) is 0. The molecule has 0 radical (unpaired) electrons. The van der Waals surface area contributed by atoms with E-state index >= 15 is 0 Å². The van der Waals surface area contributed by atoms with Gasteiger partial charge in [0.05, 0.1) is 5.69 Å². The van der Waals surface area contributed by atoms with E-state index in [9.17, 15) is 0 Å². The first-order chi connectivity index (χ1) is 8.33. The number of aromatic nitrogens is 1. The molecule has 0 saturated carbocycles. The number of thioether (sulfide) groups is 1. The van der Waals surface area contributed by atoms with Gasteiger partial charge in [-0.05, 0) is 24.5 Å². The van der Waals surface area contributed by atoms with Crippen molar-refractivity contribution in [3.05, 3.63) is 48.3 Å². The maximum Gasteiger partial charge on any atom is 0.140 e. The highest BCUT2D eigenvalue weighted by atomic mass is 32.2. The Balaban J connectivity index is 2.24. The smallest absolute Gasteiger partial charge is 0.140 e. The Hall–Kier alpha value is -1.52. The zero-order chi connectivity index (χ0) is 12.1. The first-order valence-corrected chi connectivity index (χ1v) is 6.52. The lowest BCUT2D eigenvalue weighted by atomic mass is 10.3. The average molecular weight is 246 g/mol. The molecule has 0 aliphatic carbocycles. The summed E-state index contributed by atoms with van der Waals surface area (Å²) in [5.74, 6) is 1.62. The predicted octanol–water partition coefficient (Wildman–Crippen LogP) is 3.05. The molecule has 4 heteroatoms. The minimum Gasteiger partial charge on any atom is -0.456 e. The number of nitrogens with zero attached hydrogens (tertiary/aromatic N) is 1. The summed E-state index contributed by atoms with van der Waals surface area (Å²) in [5.41, 5.74) is 6.37. The molecule has 0 unspecified atom stereocenters. The van der Waals surface area contributed by atoms with Gasteiger partial charge in [-0.15, -0.1) is 11.8 Å². The zero-order valence-electron chi connectivity index (χ0n) is 9.59. The Kier molecular flexibility index (Phi) is 4.01. The van der Waals surface area contributed by atoms with E-state index in [0.29, 0.717) is 6.54 Å². The zero-order valence-corrected chi connectivity index (χ0v) is 10.4. The molecule has 17 heavy (non-hydrogen) atoms. The molecular formula is C13H14N2OS. The maximum absolute atomic E-state index is 5.83. The molecule has 0 saturated heterocycles. The summed E-state index contributed by atoms with van der Waals surface area (Å²) >= 11 is 1.66. The molecule has 0 amide bonds. The van der Waals surface area contributed by atoms with Crippen molar-refractivity contribution in [3.8, 4) is 11.5 Å². The largest absolute Gasteiger partial charge is 0.456 e. The molecule has 2 rings (SSSR count). The highest BCUT2D eigenvalue weighted by molar-refractivity contribution is 7.98. The van der Waals surface area contributed by atoms with E-state index in [4.69, 9.17) is 10.5 Å². The molecule has 2 aromatic rings. The number of pyridine rings is 1. The van der Waals surface area contributed by atoms with Gasteiger partial charge in [-0.3, -0.25) is 4.98 Å². The van der Waals surface area contributed by atoms with Crippen LogP contribution in [0.4, 0.5) is 0 Å². The van der Waals surface area contributed by atoms with Gasteiger partial charge < -0.3 is 10.5 Å². The highest BCUT2D eigenvalue weighted by Gasteiger charge is 2.03. The van der Waals surface area contributed by atoms with Gasteiger partial charge in [-0.1, -0.05) is 12.1 Å². The topological polar surface area (TPSA) is 48.1 Å². The Labute approximate surface area is 105 Å². The molecule has 1 aromatic carbocycles. The number of ether oxygens (including phenoxy) is 1. The molecule has 2 N–H and O–H groups in total. The average Bonchev–Trinajstić information content (AvgIpc) is 2.39. The van der Waals surface area contributed by atoms with Crippen molar-refractivity contribution in [3.63, 3.8) is 0 Å². The first kappa shape index (κ1) is 12.0. The number of rotatable bonds is 4. The summed E-state index contributed by atoms with van der Waals surface area (Å²) in [6.45, 7) is 0.418. The number of benzene rings is 1. The van der Waals surface area contributed by atoms with Crippen LogP contribution in [0.2, 0.25) is 0 Å². The fourth-order valence-corrected chi connectivity index (χ4v) is 1.99. The van der Waals surface area contributed by atoms with E-state index in [2.05, 4.69) is 4.98 Å². The summed E-state index contributed by atoms with van der Waals surface area (Å²) in [6, 6.07) is 11.6. The highest BCUT2D eigenvalue weighted by Crippen LogP contribution is 2.31. The molecule has 0 fully saturated rings. The van der Waals surface area contributed by atoms with Gasteiger partial charge in [0.15, 0.2) is 0 Å². The first-order valence-electron chi connectivity index (χ1n) is 5.29. The SMILES string of the molecule is CSc1ccccc1Oc1ccnc(CN)c1. The summed E-state index contributed by atoms with van der Waals surface area (Å²) in [6.07, 6.45) is 3.74. The summed E-state index contributed by atoms with van der Waals surface area (Å²) in [5, 5.41) is 0. The second-order valence-corrected chi connectivity index (χ2v) is 4.29. The van der Waals surface area contributed by atoms with Crippen LogP contribution < -0.4 is 10.5 Å². The lowest BCUT2D eigenvalue weighted by Gasteiger charge is -2.09. The van der Waals surface area contributed by atoms with Crippen LogP contribution in [0, 0.1) is 0 Å². The third-order valence-electron chi connectivity index (χ3n) is 2.29. The minimum atomic E-state index is 0.418. The number of hydrogen-bond donors (Lipinski definition) is 1. The normalized spacial score (nSPS) is 10.2. The van der Waals surface area contributed by atoms with E-state index in [0.717, 1.165) is 22.1 Å². The van der Waals surface area contributed by atoms with Crippen molar-refractivity contribution in [2.75, 3.05) is 6.26 Å². The lowest BCUT2D eigenvalue weighted by molar-refractivity contribution is 0.469. The van der Waals surface area contributed by atoms with Crippen molar-refractivity contribution in [1.82, 2.24) is 4.98 Å². The molecule has 0 bridgehead atoms. The van der Waals surface area contributed by atoms with E-state index in [1.807, 2.05) is 42.7 Å². The van der Waals surface area contributed by atoms with Crippen LogP contribution in [0.3, 0.4) is 0 Å². The van der Waals surface area contributed by atoms with Crippen LogP contribution in [0.5, 0.6) is 11.5 Å². The van der Waals surface area contributed by atoms with Crippen molar-refractivity contribution in [1.29, 1.82) is 0 Å². The second kappa shape index (κ2) is 5.70. The fraction of sp³-hybridized carbons (Fsp3) is 0.154. The molecule has 0 spiro atoms. The second-order valence-electron chi connectivity index (χ2n) is 3.44. The van der Waals surface area contributed by atoms with Crippen LogP contribution in [-0.2, 0) is 6.54 Å². The Morgan fingerprint density at radius 2 is 2.12 bits per heavy atom. The number of hydrogen-bond acceptors (Lipinski definition) is 4. The van der Waals surface area contributed by atoms with Crippen LogP contribution in [-0.4, -0.2) is 11.2 Å². The van der Waals surface area contributed by atoms with Gasteiger partial charge in [0.25, 0.3) is 0 Å². The Morgan fingerprint density at radius 1 is 1.29 bits per heavy atom. The van der Waals surface area contributed by atoms with Crippen molar-refractivity contribution < 1.29 is 4.74 Å². The summed E-state index contributed by atoms with van der Waals surface area (Å²) < 4.78 is 5.83. The molecule has 3 nitrogen and oxygen atoms in total. The lowest BCUT2D eigenvalue weighted by Crippen LogP contribution is -1.99. The van der Waals surface area contributed by atoms with E-state index in [1.54, 1.807) is 18.0 Å². The van der Waals surface area contributed by atoms with Crippen LogP contribution in [0.25, 0.3) is 0 Å². The van der Waals surface area contributed by atoms with Crippen molar-refractivity contribution in [2.45, 2.75) is 11.4 Å². The van der Waals surface area contributed by atoms with Crippen LogP contribution in [0.1, 0.15) is 5.69 Å². The predicted molar refractivity (Wildman–Crippen MR) is 70.4 cm³/mol. The third kappa shape index (κ3) is 2.99. The molecule has 1 heterocycles. The molecule has 1 aromatic heterocycles. The quantitative estimate of drug-likeness (QED) is 0.842. The standard InChI is InChI=1S/C13H14N2OS/c1-17-13-5-3-2-4-12(13)16-11-6-7-15-10(8-11)9-14/h2-8H,9,14H2,1H3. The summed E-state index contributed by atoms with van der Waals surface area (Å²) in [4.78, 5) is 5.24. The number of nitrogens with two attached hydrogens (primary N) is 1. The van der Waals surface area contributed by atoms with E-state index < -0.39 is 0 Å². The van der Waals surface area contributed by atoms with Gasteiger partial charge >= 0.3 is 0 Å². The van der Waals surface area contributed by atoms with Crippen molar-refractivity contribution >= 4 is 11.8 Å². The van der Waals surface area contributed by atoms with Crippen LogP contribution in [0.15, 0.2) is 47.5 Å². The van der Waals surface area contributed by atoms with Crippen LogP contribution >= 0.6 is 11.8 Å². The van der Waals surface area contributed by atoms with E-state index in [1.165, 1.54) is 0 Å². The molecule has 0 aliphatic heterocycles. The Bertz CT molecular complexity index is 502. The maximum atomic E-state index is 5.83. The fourth-order valence-electron chi connectivity index (χ4n) is 1.46. The third-order valence-corrected chi connectivity index (χ3v) is 3.07. The molecule has 0 atom stereocenters. The molecule has 0 aliphatic rings. The van der Waals surface area contributed by atoms with Gasteiger partial charge in [0.1, 0.15) is 11.5 Å². The molecule has 88 valence electrons. The Morgan fingerprint density at radius 3 is 2.88 bits per heavy atom. The molecular weight excluding hydrogens is 232 g/mol. The van der Waals surface area contributed by atoms with Gasteiger partial charge in [0.2, 0.25) is 0 Å². The monoisotopic (exact) mass is 246 g/mol. The minimum absolute atomic E-state index is 0.418. The van der Waals surface area contributed by atoms with Gasteiger partial charge in [-0.2, -0.15) is 0 Å². The van der Waals surface area contributed by atoms with Gasteiger partial charge in [0, 0.05) is 23.7 Å². The number of para-hydroxylation sites is 1. The van der Waals surface area contributed by atoms with Gasteiger partial charge in [-0.25, -0.2) is 0 Å². The van der Waals surface area contributed by atoms with E-state index in [-0.39, 0.29) is 0 Å². The van der Waals surface area contributed by atoms with Crippen molar-refractivity contribution in [2.24, 2.45) is 5.73 Å².